The summed E-state index contributed by atoms with van der Waals surface area (Å²) in [4.78, 5) is 14.1. The first-order valence-electron chi connectivity index (χ1n) is 9.31. The second-order valence-corrected chi connectivity index (χ2v) is 7.93. The number of halogens is 1. The molecular formula is C21H22FN3OS. The third-order valence-corrected chi connectivity index (χ3v) is 6.18. The number of hydrogen-bond acceptors (Lipinski definition) is 3. The van der Waals surface area contributed by atoms with E-state index in [0.717, 1.165) is 29.5 Å². The number of rotatable bonds is 5. The summed E-state index contributed by atoms with van der Waals surface area (Å²) in [5, 5.41) is 8.28. The van der Waals surface area contributed by atoms with Crippen molar-refractivity contribution in [3.8, 4) is 11.3 Å². The smallest absolute Gasteiger partial charge is 0.261 e. The van der Waals surface area contributed by atoms with Gasteiger partial charge in [-0.2, -0.15) is 5.10 Å². The van der Waals surface area contributed by atoms with Gasteiger partial charge in [0.15, 0.2) is 0 Å². The number of amides is 1. The third-order valence-electron chi connectivity index (χ3n) is 4.98. The van der Waals surface area contributed by atoms with E-state index < -0.39 is 0 Å². The van der Waals surface area contributed by atoms with Gasteiger partial charge in [-0.25, -0.2) is 4.39 Å². The topological polar surface area (TPSA) is 46.9 Å². The first-order valence-corrected chi connectivity index (χ1v) is 10.1. The highest BCUT2D eigenvalue weighted by Crippen LogP contribution is 2.34. The van der Waals surface area contributed by atoms with Gasteiger partial charge in [-0.15, -0.1) is 11.3 Å². The standard InChI is InChI=1S/C21H22FN3OS/c1-25-21-16(19(24-25)15-9-5-6-10-17(15)22)13-18(27-21)20(26)23-12-11-14-7-3-2-4-8-14/h5-7,9-10,13H,2-4,8,11-12H2,1H3,(H,23,26). The fourth-order valence-corrected chi connectivity index (χ4v) is 4.55. The van der Waals surface area contributed by atoms with Crippen molar-refractivity contribution < 1.29 is 9.18 Å². The van der Waals surface area contributed by atoms with Crippen molar-refractivity contribution in [1.29, 1.82) is 0 Å². The molecule has 0 aliphatic heterocycles. The molecule has 1 aromatic carbocycles. The predicted molar refractivity (Wildman–Crippen MR) is 107 cm³/mol. The molecule has 4 rings (SSSR count). The number of nitrogens with zero attached hydrogens (tertiary/aromatic N) is 2. The first kappa shape index (κ1) is 17.9. The molecule has 0 spiro atoms. The lowest BCUT2D eigenvalue weighted by Gasteiger charge is -2.12. The number of nitrogens with one attached hydrogen (secondary N) is 1. The van der Waals surface area contributed by atoms with Crippen LogP contribution in [-0.4, -0.2) is 22.2 Å². The number of aryl methyl sites for hydroxylation is 1. The van der Waals surface area contributed by atoms with Crippen LogP contribution in [0.3, 0.4) is 0 Å². The molecule has 0 saturated carbocycles. The van der Waals surface area contributed by atoms with Crippen molar-refractivity contribution in [2.24, 2.45) is 7.05 Å². The van der Waals surface area contributed by atoms with Gasteiger partial charge in [-0.1, -0.05) is 23.8 Å². The van der Waals surface area contributed by atoms with Crippen LogP contribution in [0.25, 0.3) is 21.5 Å². The molecule has 1 N–H and O–H groups in total. The Kier molecular flexibility index (Phi) is 5.07. The quantitative estimate of drug-likeness (QED) is 0.626. The zero-order valence-electron chi connectivity index (χ0n) is 15.3. The molecule has 0 fully saturated rings. The maximum atomic E-state index is 14.2. The van der Waals surface area contributed by atoms with E-state index in [9.17, 15) is 9.18 Å². The Hall–Kier alpha value is -2.47. The number of allylic oxidation sites excluding steroid dienone is 1. The second-order valence-electron chi connectivity index (χ2n) is 6.90. The number of thiophene rings is 1. The summed E-state index contributed by atoms with van der Waals surface area (Å²) in [7, 11) is 1.82. The van der Waals surface area contributed by atoms with E-state index in [4.69, 9.17) is 0 Å². The fraction of sp³-hybridized carbons (Fsp3) is 0.333. The Balaban J connectivity index is 1.53. The Morgan fingerprint density at radius 2 is 2.19 bits per heavy atom. The molecule has 6 heteroatoms. The molecule has 1 amide bonds. The molecule has 27 heavy (non-hydrogen) atoms. The van der Waals surface area contributed by atoms with Crippen molar-refractivity contribution in [2.75, 3.05) is 6.54 Å². The minimum atomic E-state index is -0.310. The van der Waals surface area contributed by atoms with Gasteiger partial charge in [-0.3, -0.25) is 9.48 Å². The van der Waals surface area contributed by atoms with Crippen LogP contribution in [0.2, 0.25) is 0 Å². The van der Waals surface area contributed by atoms with Crippen molar-refractivity contribution in [1.82, 2.24) is 15.1 Å². The minimum absolute atomic E-state index is 0.0768. The average molecular weight is 383 g/mol. The van der Waals surface area contributed by atoms with Crippen LogP contribution in [0.4, 0.5) is 4.39 Å². The van der Waals surface area contributed by atoms with Gasteiger partial charge in [0.1, 0.15) is 16.3 Å². The van der Waals surface area contributed by atoms with E-state index in [2.05, 4.69) is 16.5 Å². The van der Waals surface area contributed by atoms with Gasteiger partial charge in [0.2, 0.25) is 0 Å². The monoisotopic (exact) mass is 383 g/mol. The fourth-order valence-electron chi connectivity index (χ4n) is 3.56. The van der Waals surface area contributed by atoms with Crippen molar-refractivity contribution in [2.45, 2.75) is 32.1 Å². The molecule has 3 aromatic rings. The largest absolute Gasteiger partial charge is 0.351 e. The highest BCUT2D eigenvalue weighted by Gasteiger charge is 2.19. The van der Waals surface area contributed by atoms with Gasteiger partial charge in [0.05, 0.1) is 4.88 Å². The van der Waals surface area contributed by atoms with Crippen molar-refractivity contribution in [3.63, 3.8) is 0 Å². The van der Waals surface area contributed by atoms with E-state index in [1.54, 1.807) is 22.9 Å². The minimum Gasteiger partial charge on any atom is -0.351 e. The number of hydrogen-bond donors (Lipinski definition) is 1. The Bertz CT molecular complexity index is 1020. The lowest BCUT2D eigenvalue weighted by molar-refractivity contribution is 0.0958. The molecule has 1 aliphatic carbocycles. The molecule has 0 bridgehead atoms. The summed E-state index contributed by atoms with van der Waals surface area (Å²) in [6.45, 7) is 0.650. The number of benzene rings is 1. The van der Waals surface area contributed by atoms with Crippen LogP contribution in [0.15, 0.2) is 42.0 Å². The zero-order chi connectivity index (χ0) is 18.8. The van der Waals surface area contributed by atoms with E-state index in [1.165, 1.54) is 35.8 Å². The van der Waals surface area contributed by atoms with Gasteiger partial charge >= 0.3 is 0 Å². The molecule has 2 heterocycles. The van der Waals surface area contributed by atoms with E-state index >= 15 is 0 Å². The maximum absolute atomic E-state index is 14.2. The summed E-state index contributed by atoms with van der Waals surface area (Å²) in [6.07, 6.45) is 8.06. The Morgan fingerprint density at radius 3 is 2.96 bits per heavy atom. The van der Waals surface area contributed by atoms with Crippen molar-refractivity contribution >= 4 is 27.5 Å². The first-order chi connectivity index (χ1) is 13.1. The Labute approximate surface area is 161 Å². The van der Waals surface area contributed by atoms with Gasteiger partial charge < -0.3 is 5.32 Å². The average Bonchev–Trinajstić information content (AvgIpc) is 3.24. The molecule has 0 saturated heterocycles. The normalized spacial score (nSPS) is 14.4. The third kappa shape index (κ3) is 3.67. The second kappa shape index (κ2) is 7.64. The van der Waals surface area contributed by atoms with Crippen LogP contribution in [0.1, 0.15) is 41.8 Å². The lowest BCUT2D eigenvalue weighted by atomic mass is 9.97. The van der Waals surface area contributed by atoms with Crippen LogP contribution in [-0.2, 0) is 7.05 Å². The summed E-state index contributed by atoms with van der Waals surface area (Å²) in [5.74, 6) is -0.387. The summed E-state index contributed by atoms with van der Waals surface area (Å²) in [6, 6.07) is 8.41. The van der Waals surface area contributed by atoms with Gasteiger partial charge in [0, 0.05) is 24.5 Å². The molecule has 0 unspecified atom stereocenters. The molecule has 4 nitrogen and oxygen atoms in total. The van der Waals surface area contributed by atoms with Gasteiger partial charge in [-0.05, 0) is 50.3 Å². The molecule has 140 valence electrons. The van der Waals surface area contributed by atoms with E-state index in [0.29, 0.717) is 22.7 Å². The van der Waals surface area contributed by atoms with E-state index in [-0.39, 0.29) is 11.7 Å². The summed E-state index contributed by atoms with van der Waals surface area (Å²) in [5.41, 5.74) is 2.48. The van der Waals surface area contributed by atoms with Crippen LogP contribution < -0.4 is 5.32 Å². The lowest BCUT2D eigenvalue weighted by Crippen LogP contribution is -2.24. The Morgan fingerprint density at radius 1 is 1.33 bits per heavy atom. The van der Waals surface area contributed by atoms with E-state index in [1.807, 2.05) is 13.1 Å². The number of carbonyl (C=O) groups excluding carboxylic acids is 1. The molecule has 2 aromatic heterocycles. The molecule has 0 atom stereocenters. The number of carbonyl (C=O) groups is 1. The van der Waals surface area contributed by atoms with Crippen LogP contribution in [0.5, 0.6) is 0 Å². The number of aromatic nitrogens is 2. The van der Waals surface area contributed by atoms with Gasteiger partial charge in [0.25, 0.3) is 5.91 Å². The highest BCUT2D eigenvalue weighted by molar-refractivity contribution is 7.20. The number of fused-ring (bicyclic) bond motifs is 1. The maximum Gasteiger partial charge on any atom is 0.261 e. The predicted octanol–water partition coefficient (Wildman–Crippen LogP) is 5.06. The SMILES string of the molecule is Cn1nc(-c2ccccc2F)c2cc(C(=O)NCCC3=CCCCC3)sc21. The summed E-state index contributed by atoms with van der Waals surface area (Å²) >= 11 is 1.39. The molecule has 1 aliphatic rings. The zero-order valence-corrected chi connectivity index (χ0v) is 16.1. The highest BCUT2D eigenvalue weighted by atomic mass is 32.1. The van der Waals surface area contributed by atoms with Crippen molar-refractivity contribution in [3.05, 3.63) is 52.7 Å². The molecule has 0 radical (unpaired) electrons. The van der Waals surface area contributed by atoms with Crippen LogP contribution >= 0.6 is 11.3 Å². The van der Waals surface area contributed by atoms with Crippen LogP contribution in [0, 0.1) is 5.82 Å². The molecular weight excluding hydrogens is 361 g/mol. The summed E-state index contributed by atoms with van der Waals surface area (Å²) < 4.78 is 15.9.